The number of rotatable bonds is 6. The normalized spacial score (nSPS) is 21.6. The maximum absolute atomic E-state index is 11.9. The molecule has 2 amide bonds. The molecule has 0 aromatic rings. The third-order valence-electron chi connectivity index (χ3n) is 4.19. The number of carboxylic acids is 1. The predicted molar refractivity (Wildman–Crippen MR) is 73.5 cm³/mol. The molecule has 0 aromatic carbocycles. The van der Waals surface area contributed by atoms with Gasteiger partial charge in [-0.15, -0.1) is 0 Å². The summed E-state index contributed by atoms with van der Waals surface area (Å²) in [5.74, 6) is -0.207. The minimum Gasteiger partial charge on any atom is -0.480 e. The van der Waals surface area contributed by atoms with Gasteiger partial charge >= 0.3 is 12.0 Å². The van der Waals surface area contributed by atoms with E-state index in [0.717, 1.165) is 18.9 Å². The smallest absolute Gasteiger partial charge is 0.329 e. The molecule has 0 unspecified atom stereocenters. The summed E-state index contributed by atoms with van der Waals surface area (Å²) in [4.78, 5) is 24.0. The van der Waals surface area contributed by atoms with Crippen LogP contribution in [0, 0.1) is 5.92 Å². The Morgan fingerprint density at radius 1 is 1.35 bits per heavy atom. The molecule has 1 saturated heterocycles. The topological polar surface area (TPSA) is 78.9 Å². The zero-order valence-corrected chi connectivity index (χ0v) is 12.1. The SMILES string of the molecule is CC1(OCC(=O)O)CN(C(=O)NCCC2CCCC2)C1. The van der Waals surface area contributed by atoms with Crippen LogP contribution in [0.15, 0.2) is 0 Å². The Balaban J connectivity index is 1.59. The summed E-state index contributed by atoms with van der Waals surface area (Å²) in [7, 11) is 0. The van der Waals surface area contributed by atoms with Gasteiger partial charge in [-0.2, -0.15) is 0 Å². The van der Waals surface area contributed by atoms with Crippen LogP contribution in [0.1, 0.15) is 39.0 Å². The number of carbonyl (C=O) groups excluding carboxylic acids is 1. The van der Waals surface area contributed by atoms with Gasteiger partial charge in [0.1, 0.15) is 12.2 Å². The molecule has 1 aliphatic heterocycles. The van der Waals surface area contributed by atoms with Crippen LogP contribution in [0.2, 0.25) is 0 Å². The second kappa shape index (κ2) is 6.43. The first-order valence-corrected chi connectivity index (χ1v) is 7.37. The number of nitrogens with one attached hydrogen (secondary N) is 1. The number of likely N-dealkylation sites (tertiary alicyclic amines) is 1. The van der Waals surface area contributed by atoms with Crippen LogP contribution in [0.4, 0.5) is 4.79 Å². The van der Waals surface area contributed by atoms with Gasteiger partial charge in [0.05, 0.1) is 13.1 Å². The summed E-state index contributed by atoms with van der Waals surface area (Å²) in [6.07, 6.45) is 6.29. The van der Waals surface area contributed by atoms with Crippen molar-refractivity contribution in [3.8, 4) is 0 Å². The van der Waals surface area contributed by atoms with Crippen LogP contribution in [-0.2, 0) is 9.53 Å². The summed E-state index contributed by atoms with van der Waals surface area (Å²) in [6.45, 7) is 3.16. The molecule has 6 heteroatoms. The highest BCUT2D eigenvalue weighted by molar-refractivity contribution is 5.75. The largest absolute Gasteiger partial charge is 0.480 e. The lowest BCUT2D eigenvalue weighted by Crippen LogP contribution is -2.65. The number of hydrogen-bond acceptors (Lipinski definition) is 3. The van der Waals surface area contributed by atoms with Crippen molar-refractivity contribution in [2.75, 3.05) is 26.2 Å². The van der Waals surface area contributed by atoms with Crippen molar-refractivity contribution in [1.29, 1.82) is 0 Å². The minimum atomic E-state index is -0.981. The first-order valence-electron chi connectivity index (χ1n) is 7.37. The van der Waals surface area contributed by atoms with E-state index in [4.69, 9.17) is 9.84 Å². The van der Waals surface area contributed by atoms with Gasteiger partial charge in [-0.1, -0.05) is 25.7 Å². The van der Waals surface area contributed by atoms with Crippen molar-refractivity contribution in [3.05, 3.63) is 0 Å². The maximum Gasteiger partial charge on any atom is 0.329 e. The fourth-order valence-electron chi connectivity index (χ4n) is 3.03. The molecule has 0 aromatic heterocycles. The number of carboxylic acid groups (broad SMARTS) is 1. The molecule has 114 valence electrons. The zero-order valence-electron chi connectivity index (χ0n) is 12.1. The Morgan fingerprint density at radius 2 is 2.00 bits per heavy atom. The third-order valence-corrected chi connectivity index (χ3v) is 4.19. The van der Waals surface area contributed by atoms with E-state index in [0.29, 0.717) is 13.1 Å². The van der Waals surface area contributed by atoms with Crippen molar-refractivity contribution in [3.63, 3.8) is 0 Å². The first-order chi connectivity index (χ1) is 9.48. The van der Waals surface area contributed by atoms with Crippen molar-refractivity contribution < 1.29 is 19.4 Å². The van der Waals surface area contributed by atoms with Crippen molar-refractivity contribution in [2.24, 2.45) is 5.92 Å². The molecule has 1 aliphatic carbocycles. The first kappa shape index (κ1) is 15.1. The molecule has 1 heterocycles. The number of ether oxygens (including phenoxy) is 1. The Kier molecular flexibility index (Phi) is 4.86. The van der Waals surface area contributed by atoms with Gasteiger partial charge < -0.3 is 20.1 Å². The van der Waals surface area contributed by atoms with Crippen LogP contribution in [-0.4, -0.2) is 53.8 Å². The molecule has 2 aliphatic rings. The molecule has 0 atom stereocenters. The lowest BCUT2D eigenvalue weighted by molar-refractivity contribution is -0.159. The summed E-state index contributed by atoms with van der Waals surface area (Å²) in [5, 5.41) is 11.5. The van der Waals surface area contributed by atoms with Crippen LogP contribution in [0.5, 0.6) is 0 Å². The molecule has 1 saturated carbocycles. The lowest BCUT2D eigenvalue weighted by atomic mass is 9.97. The van der Waals surface area contributed by atoms with Gasteiger partial charge in [0, 0.05) is 6.54 Å². The number of urea groups is 1. The van der Waals surface area contributed by atoms with Gasteiger partial charge in [-0.05, 0) is 19.3 Å². The second-order valence-electron chi connectivity index (χ2n) is 6.16. The molecular weight excluding hydrogens is 260 g/mol. The summed E-state index contributed by atoms with van der Waals surface area (Å²) < 4.78 is 5.27. The van der Waals surface area contributed by atoms with Crippen LogP contribution < -0.4 is 5.32 Å². The molecule has 0 bridgehead atoms. The van der Waals surface area contributed by atoms with E-state index in [1.54, 1.807) is 4.90 Å². The van der Waals surface area contributed by atoms with Crippen molar-refractivity contribution in [2.45, 2.75) is 44.6 Å². The maximum atomic E-state index is 11.9. The minimum absolute atomic E-state index is 0.0700. The van der Waals surface area contributed by atoms with Crippen LogP contribution in [0.25, 0.3) is 0 Å². The van der Waals surface area contributed by atoms with Crippen molar-refractivity contribution in [1.82, 2.24) is 10.2 Å². The Bertz CT molecular complexity index is 360. The van der Waals surface area contributed by atoms with E-state index in [2.05, 4.69) is 5.32 Å². The highest BCUT2D eigenvalue weighted by Crippen LogP contribution is 2.27. The molecule has 2 N–H and O–H groups in total. The molecule has 2 fully saturated rings. The summed E-state index contributed by atoms with van der Waals surface area (Å²) in [6, 6.07) is -0.0700. The quantitative estimate of drug-likeness (QED) is 0.774. The van der Waals surface area contributed by atoms with Crippen LogP contribution >= 0.6 is 0 Å². The van der Waals surface area contributed by atoms with E-state index in [-0.39, 0.29) is 12.6 Å². The summed E-state index contributed by atoms with van der Waals surface area (Å²) >= 11 is 0. The Labute approximate surface area is 119 Å². The van der Waals surface area contributed by atoms with Crippen molar-refractivity contribution >= 4 is 12.0 Å². The average Bonchev–Trinajstić information content (AvgIpc) is 2.86. The van der Waals surface area contributed by atoms with Gasteiger partial charge in [0.15, 0.2) is 0 Å². The fraction of sp³-hybridized carbons (Fsp3) is 0.857. The molecular formula is C14H24N2O4. The summed E-state index contributed by atoms with van der Waals surface area (Å²) in [5.41, 5.74) is -0.513. The van der Waals surface area contributed by atoms with Crippen LogP contribution in [0.3, 0.4) is 0 Å². The van der Waals surface area contributed by atoms with E-state index in [9.17, 15) is 9.59 Å². The fourth-order valence-corrected chi connectivity index (χ4v) is 3.03. The standard InChI is InChI=1S/C14H24N2O4/c1-14(20-8-12(17)18)9-16(10-14)13(19)15-7-6-11-4-2-3-5-11/h11H,2-10H2,1H3,(H,15,19)(H,17,18). The molecule has 6 nitrogen and oxygen atoms in total. The molecule has 2 rings (SSSR count). The van der Waals surface area contributed by atoms with Gasteiger partial charge in [0.25, 0.3) is 0 Å². The molecule has 0 radical (unpaired) electrons. The molecule has 20 heavy (non-hydrogen) atoms. The monoisotopic (exact) mass is 284 g/mol. The zero-order chi connectivity index (χ0) is 14.6. The van der Waals surface area contributed by atoms with E-state index in [1.165, 1.54) is 25.7 Å². The number of amides is 2. The third kappa shape index (κ3) is 4.10. The second-order valence-corrected chi connectivity index (χ2v) is 6.16. The predicted octanol–water partition coefficient (Wildman–Crippen LogP) is 1.45. The Morgan fingerprint density at radius 3 is 2.60 bits per heavy atom. The number of carbonyl (C=O) groups is 2. The molecule has 0 spiro atoms. The lowest BCUT2D eigenvalue weighted by Gasteiger charge is -2.47. The van der Waals surface area contributed by atoms with Gasteiger partial charge in [-0.3, -0.25) is 0 Å². The van der Waals surface area contributed by atoms with E-state index >= 15 is 0 Å². The van der Waals surface area contributed by atoms with E-state index in [1.807, 2.05) is 6.92 Å². The number of aliphatic carboxylic acids is 1. The number of hydrogen-bond donors (Lipinski definition) is 2. The highest BCUT2D eigenvalue weighted by atomic mass is 16.5. The number of nitrogens with zero attached hydrogens (tertiary/aromatic N) is 1. The highest BCUT2D eigenvalue weighted by Gasteiger charge is 2.42. The Hall–Kier alpha value is -1.30. The van der Waals surface area contributed by atoms with E-state index < -0.39 is 11.6 Å². The average molecular weight is 284 g/mol. The van der Waals surface area contributed by atoms with Gasteiger partial charge in [-0.25, -0.2) is 9.59 Å². The van der Waals surface area contributed by atoms with Gasteiger partial charge in [0.2, 0.25) is 0 Å².